The van der Waals surface area contributed by atoms with Crippen molar-refractivity contribution in [1.82, 2.24) is 0 Å². The molecule has 0 bridgehead atoms. The van der Waals surface area contributed by atoms with E-state index >= 15 is 0 Å². The van der Waals surface area contributed by atoms with E-state index in [1.54, 1.807) is 13.8 Å². The predicted molar refractivity (Wildman–Crippen MR) is 46.8 cm³/mol. The number of aliphatic hydroxyl groups excluding tert-OH is 2. The number of carbonyl (C=O) groups is 1. The monoisotopic (exact) mass is 218 g/mol. The molecule has 0 aliphatic carbocycles. The Balaban J connectivity index is 2.21. The smallest absolute Gasteiger partial charge is 0.191 e. The molecule has 0 spiro atoms. The topological polar surface area (TPSA) is 85.2 Å². The molecule has 2 N–H and O–H groups in total. The van der Waals surface area contributed by atoms with E-state index in [-0.39, 0.29) is 0 Å². The van der Waals surface area contributed by atoms with Crippen molar-refractivity contribution in [2.24, 2.45) is 0 Å². The zero-order valence-corrected chi connectivity index (χ0v) is 8.54. The van der Waals surface area contributed by atoms with Crippen LogP contribution in [0.4, 0.5) is 0 Å². The standard InChI is InChI=1S/C9H14O6/c1-8(2)13-5-6(12)9(3-10,4-11)15-7(5)14-8/h3,5-7,11-12H,4H2,1-2H3/t5-,6+,7+,9-/m1/s1. The van der Waals surface area contributed by atoms with E-state index in [0.717, 1.165) is 0 Å². The summed E-state index contributed by atoms with van der Waals surface area (Å²) in [6.45, 7) is 2.77. The number of hydrogen-bond acceptors (Lipinski definition) is 6. The third-order valence-corrected chi connectivity index (χ3v) is 2.68. The van der Waals surface area contributed by atoms with Gasteiger partial charge in [-0.15, -0.1) is 0 Å². The predicted octanol–water partition coefficient (Wildman–Crippen LogP) is -1.21. The van der Waals surface area contributed by atoms with Gasteiger partial charge < -0.3 is 24.4 Å². The minimum atomic E-state index is -1.62. The van der Waals surface area contributed by atoms with Gasteiger partial charge in [0.2, 0.25) is 0 Å². The quantitative estimate of drug-likeness (QED) is 0.565. The van der Waals surface area contributed by atoms with E-state index < -0.39 is 36.5 Å². The second kappa shape index (κ2) is 3.23. The van der Waals surface area contributed by atoms with E-state index in [1.165, 1.54) is 0 Å². The number of carbonyl (C=O) groups excluding carboxylic acids is 1. The summed E-state index contributed by atoms with van der Waals surface area (Å²) >= 11 is 0. The molecule has 15 heavy (non-hydrogen) atoms. The van der Waals surface area contributed by atoms with Gasteiger partial charge in [-0.2, -0.15) is 0 Å². The van der Waals surface area contributed by atoms with Gasteiger partial charge in [0, 0.05) is 0 Å². The Labute approximate surface area is 86.7 Å². The van der Waals surface area contributed by atoms with Gasteiger partial charge >= 0.3 is 0 Å². The van der Waals surface area contributed by atoms with Gasteiger partial charge in [-0.25, -0.2) is 0 Å². The summed E-state index contributed by atoms with van der Waals surface area (Å²) in [5.41, 5.74) is -1.62. The number of ether oxygens (including phenoxy) is 3. The summed E-state index contributed by atoms with van der Waals surface area (Å²) in [7, 11) is 0. The average Bonchev–Trinajstić information content (AvgIpc) is 2.59. The van der Waals surface area contributed by atoms with Crippen LogP contribution < -0.4 is 0 Å². The maximum Gasteiger partial charge on any atom is 0.191 e. The highest BCUT2D eigenvalue weighted by Gasteiger charge is 2.61. The molecule has 6 heteroatoms. The lowest BCUT2D eigenvalue weighted by molar-refractivity contribution is -0.238. The lowest BCUT2D eigenvalue weighted by Gasteiger charge is -2.27. The van der Waals surface area contributed by atoms with Crippen molar-refractivity contribution in [3.8, 4) is 0 Å². The van der Waals surface area contributed by atoms with Crippen molar-refractivity contribution >= 4 is 6.29 Å². The van der Waals surface area contributed by atoms with Crippen LogP contribution in [0.15, 0.2) is 0 Å². The van der Waals surface area contributed by atoms with E-state index in [2.05, 4.69) is 0 Å². The third-order valence-electron chi connectivity index (χ3n) is 2.68. The van der Waals surface area contributed by atoms with E-state index in [9.17, 15) is 9.90 Å². The highest BCUT2D eigenvalue weighted by atomic mass is 16.8. The van der Waals surface area contributed by atoms with Gasteiger partial charge in [0.1, 0.15) is 12.2 Å². The van der Waals surface area contributed by atoms with Crippen LogP contribution in [0.2, 0.25) is 0 Å². The molecule has 0 radical (unpaired) electrons. The second-order valence-corrected chi connectivity index (χ2v) is 4.26. The van der Waals surface area contributed by atoms with Gasteiger partial charge in [0.05, 0.1) is 6.61 Å². The van der Waals surface area contributed by atoms with Crippen LogP contribution in [0.1, 0.15) is 13.8 Å². The molecule has 0 saturated carbocycles. The number of aldehydes is 1. The Hall–Kier alpha value is -0.530. The Morgan fingerprint density at radius 3 is 2.47 bits per heavy atom. The first-order chi connectivity index (χ1) is 6.94. The molecule has 2 fully saturated rings. The first-order valence-electron chi connectivity index (χ1n) is 4.73. The minimum absolute atomic E-state index is 0.385. The fraction of sp³-hybridized carbons (Fsp3) is 0.889. The van der Waals surface area contributed by atoms with Gasteiger partial charge in [-0.05, 0) is 13.8 Å². The molecule has 2 heterocycles. The van der Waals surface area contributed by atoms with E-state index in [1.807, 2.05) is 0 Å². The summed E-state index contributed by atoms with van der Waals surface area (Å²) in [4.78, 5) is 10.8. The van der Waals surface area contributed by atoms with Crippen molar-refractivity contribution in [1.29, 1.82) is 0 Å². The van der Waals surface area contributed by atoms with E-state index in [4.69, 9.17) is 19.3 Å². The molecule has 0 amide bonds. The van der Waals surface area contributed by atoms with Crippen LogP contribution >= 0.6 is 0 Å². The maximum absolute atomic E-state index is 10.8. The van der Waals surface area contributed by atoms with Crippen molar-refractivity contribution in [2.75, 3.05) is 6.61 Å². The molecule has 86 valence electrons. The van der Waals surface area contributed by atoms with Crippen LogP contribution in [0, 0.1) is 0 Å². The maximum atomic E-state index is 10.8. The van der Waals surface area contributed by atoms with Gasteiger partial charge in [-0.3, -0.25) is 4.79 Å². The lowest BCUT2D eigenvalue weighted by Crippen LogP contribution is -2.49. The first kappa shape index (κ1) is 11.0. The molecule has 2 aliphatic rings. The average molecular weight is 218 g/mol. The van der Waals surface area contributed by atoms with Crippen molar-refractivity contribution in [2.45, 2.75) is 43.7 Å². The van der Waals surface area contributed by atoms with Crippen LogP contribution in [0.25, 0.3) is 0 Å². The van der Waals surface area contributed by atoms with Gasteiger partial charge in [-0.1, -0.05) is 0 Å². The summed E-state index contributed by atoms with van der Waals surface area (Å²) in [6, 6.07) is 0. The Morgan fingerprint density at radius 1 is 1.33 bits per heavy atom. The summed E-state index contributed by atoms with van der Waals surface area (Å²) in [5.74, 6) is -0.846. The van der Waals surface area contributed by atoms with Crippen LogP contribution in [0.5, 0.6) is 0 Å². The summed E-state index contributed by atoms with van der Waals surface area (Å²) < 4.78 is 15.9. The minimum Gasteiger partial charge on any atom is -0.393 e. The first-order valence-corrected chi connectivity index (χ1v) is 4.73. The number of fused-ring (bicyclic) bond motifs is 1. The van der Waals surface area contributed by atoms with Gasteiger partial charge in [0.15, 0.2) is 24.0 Å². The Kier molecular flexibility index (Phi) is 2.36. The Morgan fingerprint density at radius 2 is 2.00 bits per heavy atom. The highest BCUT2D eigenvalue weighted by molar-refractivity contribution is 5.65. The third kappa shape index (κ3) is 1.49. The van der Waals surface area contributed by atoms with Crippen LogP contribution in [-0.2, 0) is 19.0 Å². The molecule has 0 aromatic carbocycles. The molecule has 2 rings (SSSR count). The normalized spacial score (nSPS) is 47.9. The molecule has 0 aromatic rings. The fourth-order valence-corrected chi connectivity index (χ4v) is 1.89. The van der Waals surface area contributed by atoms with Crippen molar-refractivity contribution < 1.29 is 29.2 Å². The number of hydrogen-bond donors (Lipinski definition) is 2. The molecule has 4 atom stereocenters. The molecule has 6 nitrogen and oxygen atoms in total. The summed E-state index contributed by atoms with van der Waals surface area (Å²) in [5, 5.41) is 18.9. The number of aliphatic hydroxyl groups is 2. The molecule has 2 aliphatic heterocycles. The SMILES string of the molecule is CC1(C)O[C@H]2O[C@](C=O)(CO)[C@@H](O)[C@H]2O1. The summed E-state index contributed by atoms with van der Waals surface area (Å²) in [6.07, 6.45) is -2.38. The largest absolute Gasteiger partial charge is 0.393 e. The van der Waals surface area contributed by atoms with E-state index in [0.29, 0.717) is 6.29 Å². The van der Waals surface area contributed by atoms with Gasteiger partial charge in [0.25, 0.3) is 0 Å². The second-order valence-electron chi connectivity index (χ2n) is 4.26. The van der Waals surface area contributed by atoms with Crippen molar-refractivity contribution in [3.63, 3.8) is 0 Å². The van der Waals surface area contributed by atoms with Crippen LogP contribution in [-0.4, -0.2) is 53.0 Å². The van der Waals surface area contributed by atoms with Crippen molar-refractivity contribution in [3.05, 3.63) is 0 Å². The molecular formula is C9H14O6. The highest BCUT2D eigenvalue weighted by Crippen LogP contribution is 2.41. The molecular weight excluding hydrogens is 204 g/mol. The lowest BCUT2D eigenvalue weighted by atomic mass is 9.98. The molecule has 0 unspecified atom stereocenters. The number of rotatable bonds is 2. The van der Waals surface area contributed by atoms with Crippen LogP contribution in [0.3, 0.4) is 0 Å². The Bertz CT molecular complexity index is 278. The zero-order valence-electron chi connectivity index (χ0n) is 8.54. The molecule has 0 aromatic heterocycles. The zero-order chi connectivity index (χ0) is 11.3. The fourth-order valence-electron chi connectivity index (χ4n) is 1.89. The molecule has 2 saturated heterocycles.